The predicted molar refractivity (Wildman–Crippen MR) is 58.4 cm³/mol. The maximum Gasteiger partial charge on any atom is 0.0172 e. The molecule has 1 aliphatic rings. The quantitative estimate of drug-likeness (QED) is 0.712. The van der Waals surface area contributed by atoms with Crippen molar-refractivity contribution < 1.29 is 0 Å². The lowest BCUT2D eigenvalue weighted by Gasteiger charge is -2.13. The number of hydrogen-bond donors (Lipinski definition) is 1. The van der Waals surface area contributed by atoms with E-state index in [4.69, 9.17) is 0 Å². The van der Waals surface area contributed by atoms with E-state index in [0.717, 1.165) is 6.54 Å². The van der Waals surface area contributed by atoms with Gasteiger partial charge >= 0.3 is 0 Å². The maximum absolute atomic E-state index is 3.53. The monoisotopic (exact) mass is 195 g/mol. The van der Waals surface area contributed by atoms with Gasteiger partial charge in [0.15, 0.2) is 0 Å². The first-order valence-electron chi connectivity index (χ1n) is 5.12. The summed E-state index contributed by atoms with van der Waals surface area (Å²) in [4.78, 5) is 1.58. The molecule has 1 aromatic heterocycles. The SMILES string of the molecule is CCCNCC1(c2cccs2)CC1. The lowest BCUT2D eigenvalue weighted by atomic mass is 10.1. The molecule has 0 aliphatic heterocycles. The highest BCUT2D eigenvalue weighted by atomic mass is 32.1. The van der Waals surface area contributed by atoms with Gasteiger partial charge in [0.25, 0.3) is 0 Å². The Balaban J connectivity index is 1.90. The zero-order valence-electron chi connectivity index (χ0n) is 8.18. The minimum absolute atomic E-state index is 0.531. The molecule has 1 N–H and O–H groups in total. The fraction of sp³-hybridized carbons (Fsp3) is 0.636. The predicted octanol–water partition coefficient (Wildman–Crippen LogP) is 2.78. The number of nitrogens with one attached hydrogen (secondary N) is 1. The smallest absolute Gasteiger partial charge is 0.0172 e. The van der Waals surface area contributed by atoms with Crippen molar-refractivity contribution in [3.63, 3.8) is 0 Å². The van der Waals surface area contributed by atoms with Gasteiger partial charge in [-0.15, -0.1) is 11.3 Å². The Morgan fingerprint density at radius 3 is 2.92 bits per heavy atom. The molecule has 2 heteroatoms. The molecule has 2 rings (SSSR count). The van der Waals surface area contributed by atoms with Gasteiger partial charge in [0.2, 0.25) is 0 Å². The van der Waals surface area contributed by atoms with Crippen molar-refractivity contribution in [2.75, 3.05) is 13.1 Å². The van der Waals surface area contributed by atoms with Gasteiger partial charge in [-0.2, -0.15) is 0 Å². The molecule has 1 aliphatic carbocycles. The van der Waals surface area contributed by atoms with Crippen LogP contribution in [0.1, 0.15) is 31.1 Å². The second-order valence-electron chi connectivity index (χ2n) is 3.93. The van der Waals surface area contributed by atoms with Gasteiger partial charge in [-0.05, 0) is 37.3 Å². The van der Waals surface area contributed by atoms with Gasteiger partial charge < -0.3 is 5.32 Å². The topological polar surface area (TPSA) is 12.0 Å². The molecular weight excluding hydrogens is 178 g/mol. The van der Waals surface area contributed by atoms with E-state index in [1.807, 2.05) is 11.3 Å². The van der Waals surface area contributed by atoms with Gasteiger partial charge in [0, 0.05) is 16.8 Å². The average Bonchev–Trinajstić information content (AvgIpc) is 2.74. The van der Waals surface area contributed by atoms with Crippen LogP contribution in [0.3, 0.4) is 0 Å². The van der Waals surface area contributed by atoms with E-state index >= 15 is 0 Å². The zero-order valence-corrected chi connectivity index (χ0v) is 8.99. The fourth-order valence-corrected chi connectivity index (χ4v) is 2.73. The number of thiophene rings is 1. The molecular formula is C11H17NS. The van der Waals surface area contributed by atoms with Crippen LogP contribution in [-0.2, 0) is 5.41 Å². The average molecular weight is 195 g/mol. The van der Waals surface area contributed by atoms with Crippen molar-refractivity contribution in [3.8, 4) is 0 Å². The first-order chi connectivity index (χ1) is 6.37. The molecule has 0 spiro atoms. The summed E-state index contributed by atoms with van der Waals surface area (Å²) in [6.45, 7) is 4.56. The highest BCUT2D eigenvalue weighted by Crippen LogP contribution is 2.49. The van der Waals surface area contributed by atoms with E-state index < -0.39 is 0 Å². The van der Waals surface area contributed by atoms with Gasteiger partial charge in [-0.3, -0.25) is 0 Å². The third-order valence-corrected chi connectivity index (χ3v) is 3.90. The van der Waals surface area contributed by atoms with E-state index in [0.29, 0.717) is 5.41 Å². The Hall–Kier alpha value is -0.340. The Bertz CT molecular complexity index is 249. The summed E-state index contributed by atoms with van der Waals surface area (Å²) in [6.07, 6.45) is 4.00. The number of hydrogen-bond acceptors (Lipinski definition) is 2. The summed E-state index contributed by atoms with van der Waals surface area (Å²) in [5.74, 6) is 0. The van der Waals surface area contributed by atoms with Crippen LogP contribution in [0.15, 0.2) is 17.5 Å². The highest BCUT2D eigenvalue weighted by Gasteiger charge is 2.44. The van der Waals surface area contributed by atoms with Crippen LogP contribution in [0.2, 0.25) is 0 Å². The summed E-state index contributed by atoms with van der Waals surface area (Å²) < 4.78 is 0. The summed E-state index contributed by atoms with van der Waals surface area (Å²) in [5.41, 5.74) is 0.531. The molecule has 0 bridgehead atoms. The van der Waals surface area contributed by atoms with Gasteiger partial charge in [-0.1, -0.05) is 13.0 Å². The molecule has 1 nitrogen and oxygen atoms in total. The minimum Gasteiger partial charge on any atom is -0.316 e. The lowest BCUT2D eigenvalue weighted by Crippen LogP contribution is -2.26. The van der Waals surface area contributed by atoms with Crippen molar-refractivity contribution in [3.05, 3.63) is 22.4 Å². The van der Waals surface area contributed by atoms with E-state index in [2.05, 4.69) is 29.8 Å². The van der Waals surface area contributed by atoms with Crippen molar-refractivity contribution >= 4 is 11.3 Å². The molecule has 0 atom stereocenters. The summed E-state index contributed by atoms with van der Waals surface area (Å²) in [7, 11) is 0. The summed E-state index contributed by atoms with van der Waals surface area (Å²) >= 11 is 1.91. The van der Waals surface area contributed by atoms with Gasteiger partial charge in [0.05, 0.1) is 0 Å². The van der Waals surface area contributed by atoms with Crippen LogP contribution in [0.25, 0.3) is 0 Å². The Kier molecular flexibility index (Phi) is 2.70. The molecule has 0 radical (unpaired) electrons. The normalized spacial score (nSPS) is 18.8. The van der Waals surface area contributed by atoms with Crippen LogP contribution in [0.5, 0.6) is 0 Å². The molecule has 1 aromatic rings. The largest absolute Gasteiger partial charge is 0.316 e. The fourth-order valence-electron chi connectivity index (χ4n) is 1.75. The third kappa shape index (κ3) is 1.94. The maximum atomic E-state index is 3.53. The van der Waals surface area contributed by atoms with Crippen molar-refractivity contribution in [1.82, 2.24) is 5.32 Å². The van der Waals surface area contributed by atoms with E-state index in [1.165, 1.54) is 25.8 Å². The molecule has 1 fully saturated rings. The van der Waals surface area contributed by atoms with E-state index in [1.54, 1.807) is 4.88 Å². The lowest BCUT2D eigenvalue weighted by molar-refractivity contribution is 0.578. The zero-order chi connectivity index (χ0) is 9.15. The highest BCUT2D eigenvalue weighted by molar-refractivity contribution is 7.10. The Morgan fingerprint density at radius 2 is 2.38 bits per heavy atom. The molecule has 0 amide bonds. The van der Waals surface area contributed by atoms with Crippen LogP contribution in [-0.4, -0.2) is 13.1 Å². The van der Waals surface area contributed by atoms with Crippen LogP contribution in [0.4, 0.5) is 0 Å². The van der Waals surface area contributed by atoms with Crippen molar-refractivity contribution in [2.24, 2.45) is 0 Å². The summed E-state index contributed by atoms with van der Waals surface area (Å²) in [6, 6.07) is 4.45. The third-order valence-electron chi connectivity index (χ3n) is 2.79. The molecule has 0 saturated heterocycles. The Morgan fingerprint density at radius 1 is 1.54 bits per heavy atom. The van der Waals surface area contributed by atoms with E-state index in [-0.39, 0.29) is 0 Å². The standard InChI is InChI=1S/C11H17NS/c1-2-7-12-9-11(5-6-11)10-4-3-8-13-10/h3-4,8,12H,2,5-7,9H2,1H3. The van der Waals surface area contributed by atoms with E-state index in [9.17, 15) is 0 Å². The molecule has 13 heavy (non-hydrogen) atoms. The minimum atomic E-state index is 0.531. The van der Waals surface area contributed by atoms with Crippen molar-refractivity contribution in [2.45, 2.75) is 31.6 Å². The van der Waals surface area contributed by atoms with Crippen LogP contribution >= 0.6 is 11.3 Å². The molecule has 0 aromatic carbocycles. The number of rotatable bonds is 5. The Labute approximate surface area is 84.2 Å². The van der Waals surface area contributed by atoms with Crippen LogP contribution < -0.4 is 5.32 Å². The van der Waals surface area contributed by atoms with Gasteiger partial charge in [-0.25, -0.2) is 0 Å². The first-order valence-corrected chi connectivity index (χ1v) is 6.00. The summed E-state index contributed by atoms with van der Waals surface area (Å²) in [5, 5.41) is 5.72. The molecule has 1 saturated carbocycles. The first kappa shape index (κ1) is 9.22. The second-order valence-corrected chi connectivity index (χ2v) is 4.88. The van der Waals surface area contributed by atoms with Crippen molar-refractivity contribution in [1.29, 1.82) is 0 Å². The van der Waals surface area contributed by atoms with Crippen LogP contribution in [0, 0.1) is 0 Å². The molecule has 72 valence electrons. The second kappa shape index (κ2) is 3.81. The molecule has 0 unspecified atom stereocenters. The van der Waals surface area contributed by atoms with Gasteiger partial charge in [0.1, 0.15) is 0 Å². The molecule has 1 heterocycles.